The first-order valence-corrected chi connectivity index (χ1v) is 7.23. The van der Waals surface area contributed by atoms with Crippen LogP contribution >= 0.6 is 0 Å². The van der Waals surface area contributed by atoms with Crippen molar-refractivity contribution in [3.8, 4) is 22.6 Å². The molecule has 0 bridgehead atoms. The van der Waals surface area contributed by atoms with E-state index in [0.29, 0.717) is 11.5 Å². The summed E-state index contributed by atoms with van der Waals surface area (Å²) < 4.78 is 5.72. The number of nitrogens with zero attached hydrogens (tertiary/aromatic N) is 1. The van der Waals surface area contributed by atoms with E-state index in [0.717, 1.165) is 11.1 Å². The van der Waals surface area contributed by atoms with Gasteiger partial charge in [0.25, 0.3) is 5.89 Å². The number of rotatable bonds is 5. The van der Waals surface area contributed by atoms with Crippen molar-refractivity contribution >= 4 is 5.78 Å². The second-order valence-electron chi connectivity index (χ2n) is 4.88. The summed E-state index contributed by atoms with van der Waals surface area (Å²) in [4.78, 5) is 16.4. The zero-order valence-electron chi connectivity index (χ0n) is 12.3. The fourth-order valence-electron chi connectivity index (χ4n) is 2.23. The van der Waals surface area contributed by atoms with Crippen molar-refractivity contribution in [3.05, 3.63) is 78.7 Å². The largest absolute Gasteiger partial charge is 0.433 e. The van der Waals surface area contributed by atoms with Gasteiger partial charge >= 0.3 is 0 Å². The first kappa shape index (κ1) is 14.9. The third-order valence-electron chi connectivity index (χ3n) is 3.30. The van der Waals surface area contributed by atoms with E-state index in [1.54, 1.807) is 0 Å². The molecule has 4 nitrogen and oxygen atoms in total. The average Bonchev–Trinajstić information content (AvgIpc) is 3.06. The van der Waals surface area contributed by atoms with Crippen LogP contribution in [-0.2, 0) is 0 Å². The van der Waals surface area contributed by atoms with Crippen LogP contribution in [0.15, 0.2) is 77.2 Å². The van der Waals surface area contributed by atoms with Crippen molar-refractivity contribution in [1.29, 1.82) is 0 Å². The average molecular weight is 305 g/mol. The summed E-state index contributed by atoms with van der Waals surface area (Å²) in [6.45, 7) is -0.205. The summed E-state index contributed by atoms with van der Waals surface area (Å²) in [5, 5.41) is 8.79. The molecule has 0 fully saturated rings. The number of allylic oxidation sites excluding steroid dienone is 1. The molecular weight excluding hydrogens is 290 g/mol. The van der Waals surface area contributed by atoms with Crippen LogP contribution in [0.25, 0.3) is 22.6 Å². The van der Waals surface area contributed by atoms with Crippen LogP contribution in [0, 0.1) is 0 Å². The molecule has 0 amide bonds. The quantitative estimate of drug-likeness (QED) is 0.576. The zero-order chi connectivity index (χ0) is 16.1. The monoisotopic (exact) mass is 305 g/mol. The topological polar surface area (TPSA) is 63.3 Å². The standard InChI is InChI=1S/C19H15NO3/c21-13-7-12-16(22)19-20-17(14-8-3-1-4-9-14)18(23-19)15-10-5-2-6-11-15/h1-12,21H,13H2. The van der Waals surface area contributed by atoms with Gasteiger partial charge in [0.05, 0.1) is 6.61 Å². The number of hydrogen-bond acceptors (Lipinski definition) is 4. The fraction of sp³-hybridized carbons (Fsp3) is 0.0526. The van der Waals surface area contributed by atoms with Crippen LogP contribution < -0.4 is 0 Å². The van der Waals surface area contributed by atoms with Gasteiger partial charge in [0.1, 0.15) is 5.69 Å². The molecule has 0 aliphatic rings. The number of ketones is 1. The molecule has 0 saturated carbocycles. The minimum absolute atomic E-state index is 0.00686. The summed E-state index contributed by atoms with van der Waals surface area (Å²) in [6.07, 6.45) is 2.62. The van der Waals surface area contributed by atoms with E-state index in [1.165, 1.54) is 12.2 Å². The maximum atomic E-state index is 12.1. The van der Waals surface area contributed by atoms with Gasteiger partial charge in [0, 0.05) is 11.1 Å². The van der Waals surface area contributed by atoms with Crippen LogP contribution in [0.1, 0.15) is 10.7 Å². The molecule has 1 aromatic heterocycles. The summed E-state index contributed by atoms with van der Waals surface area (Å²) in [5.41, 5.74) is 2.35. The van der Waals surface area contributed by atoms with Crippen molar-refractivity contribution in [1.82, 2.24) is 4.98 Å². The summed E-state index contributed by atoms with van der Waals surface area (Å²) >= 11 is 0. The van der Waals surface area contributed by atoms with E-state index in [4.69, 9.17) is 9.52 Å². The normalized spacial score (nSPS) is 11.0. The SMILES string of the molecule is O=C(C=CCO)c1nc(-c2ccccc2)c(-c2ccccc2)o1. The molecule has 114 valence electrons. The highest BCUT2D eigenvalue weighted by atomic mass is 16.4. The van der Waals surface area contributed by atoms with Crippen molar-refractivity contribution in [2.45, 2.75) is 0 Å². The number of aliphatic hydroxyl groups excluding tert-OH is 1. The Morgan fingerprint density at radius 1 is 1.00 bits per heavy atom. The fourth-order valence-corrected chi connectivity index (χ4v) is 2.23. The van der Waals surface area contributed by atoms with Crippen LogP contribution in [0.3, 0.4) is 0 Å². The molecule has 3 rings (SSSR count). The number of carbonyl (C=O) groups excluding carboxylic acids is 1. The number of carbonyl (C=O) groups is 1. The Morgan fingerprint density at radius 2 is 1.61 bits per heavy atom. The Hall–Kier alpha value is -2.98. The van der Waals surface area contributed by atoms with Crippen molar-refractivity contribution in [3.63, 3.8) is 0 Å². The van der Waals surface area contributed by atoms with Gasteiger partial charge in [-0.25, -0.2) is 4.98 Å². The highest BCUT2D eigenvalue weighted by Crippen LogP contribution is 2.32. The summed E-state index contributed by atoms with van der Waals surface area (Å²) in [5.74, 6) is 0.184. The summed E-state index contributed by atoms with van der Waals surface area (Å²) in [7, 11) is 0. The molecule has 23 heavy (non-hydrogen) atoms. The van der Waals surface area contributed by atoms with Crippen LogP contribution in [0.5, 0.6) is 0 Å². The minimum Gasteiger partial charge on any atom is -0.433 e. The molecule has 3 aromatic rings. The number of oxazole rings is 1. The van der Waals surface area contributed by atoms with E-state index in [9.17, 15) is 4.79 Å². The number of aliphatic hydroxyl groups is 1. The lowest BCUT2D eigenvalue weighted by molar-refractivity contribution is 0.101. The molecule has 4 heteroatoms. The molecule has 0 aliphatic carbocycles. The first-order valence-electron chi connectivity index (χ1n) is 7.23. The lowest BCUT2D eigenvalue weighted by Gasteiger charge is -2.00. The number of benzene rings is 2. The molecule has 0 atom stereocenters. The third-order valence-corrected chi connectivity index (χ3v) is 3.30. The predicted molar refractivity (Wildman–Crippen MR) is 87.9 cm³/mol. The second-order valence-corrected chi connectivity index (χ2v) is 4.88. The molecule has 0 unspecified atom stereocenters. The van der Waals surface area contributed by atoms with Crippen LogP contribution in [0.4, 0.5) is 0 Å². The molecule has 1 heterocycles. The van der Waals surface area contributed by atoms with E-state index < -0.39 is 0 Å². The van der Waals surface area contributed by atoms with Crippen molar-refractivity contribution in [2.24, 2.45) is 0 Å². The number of aromatic nitrogens is 1. The van der Waals surface area contributed by atoms with Crippen LogP contribution in [-0.4, -0.2) is 22.5 Å². The van der Waals surface area contributed by atoms with Crippen molar-refractivity contribution in [2.75, 3.05) is 6.61 Å². The Kier molecular flexibility index (Phi) is 4.45. The highest BCUT2D eigenvalue weighted by molar-refractivity contribution is 6.02. The summed E-state index contributed by atoms with van der Waals surface area (Å²) in [6, 6.07) is 19.1. The van der Waals surface area contributed by atoms with Gasteiger partial charge in [-0.05, 0) is 6.08 Å². The lowest BCUT2D eigenvalue weighted by Crippen LogP contribution is -1.94. The van der Waals surface area contributed by atoms with E-state index in [1.807, 2.05) is 60.7 Å². The molecule has 1 N–H and O–H groups in total. The highest BCUT2D eigenvalue weighted by Gasteiger charge is 2.19. The van der Waals surface area contributed by atoms with Crippen molar-refractivity contribution < 1.29 is 14.3 Å². The van der Waals surface area contributed by atoms with Crippen LogP contribution in [0.2, 0.25) is 0 Å². The molecule has 0 radical (unpaired) electrons. The number of hydrogen-bond donors (Lipinski definition) is 1. The molecular formula is C19H15NO3. The lowest BCUT2D eigenvalue weighted by atomic mass is 10.1. The van der Waals surface area contributed by atoms with E-state index in [-0.39, 0.29) is 18.3 Å². The van der Waals surface area contributed by atoms with Gasteiger partial charge in [-0.3, -0.25) is 4.79 Å². The Balaban J connectivity index is 2.11. The smallest absolute Gasteiger partial charge is 0.268 e. The predicted octanol–water partition coefficient (Wildman–Crippen LogP) is 3.74. The van der Waals surface area contributed by atoms with E-state index >= 15 is 0 Å². The van der Waals surface area contributed by atoms with E-state index in [2.05, 4.69) is 4.98 Å². The van der Waals surface area contributed by atoms with Gasteiger partial charge < -0.3 is 9.52 Å². The van der Waals surface area contributed by atoms with Gasteiger partial charge in [0.15, 0.2) is 5.76 Å². The molecule has 0 saturated heterocycles. The van der Waals surface area contributed by atoms with Gasteiger partial charge in [0.2, 0.25) is 5.78 Å². The molecule has 0 spiro atoms. The van der Waals surface area contributed by atoms with Gasteiger partial charge in [-0.2, -0.15) is 0 Å². The Morgan fingerprint density at radius 3 is 2.22 bits per heavy atom. The van der Waals surface area contributed by atoms with Gasteiger partial charge in [-0.1, -0.05) is 66.7 Å². The zero-order valence-corrected chi connectivity index (χ0v) is 12.3. The first-order chi connectivity index (χ1) is 11.3. The third kappa shape index (κ3) is 3.27. The molecule has 0 aliphatic heterocycles. The minimum atomic E-state index is -0.376. The Labute approximate surface area is 133 Å². The maximum Gasteiger partial charge on any atom is 0.268 e. The second kappa shape index (κ2) is 6.85. The molecule has 2 aromatic carbocycles. The maximum absolute atomic E-state index is 12.1. The van der Waals surface area contributed by atoms with Gasteiger partial charge in [-0.15, -0.1) is 0 Å². The Bertz CT molecular complexity index is 763.